The highest BCUT2D eigenvalue weighted by molar-refractivity contribution is 7.12. The number of esters is 1. The molecule has 1 N–H and O–H groups in total. The zero-order valence-electron chi connectivity index (χ0n) is 14.5. The molecule has 0 unspecified atom stereocenters. The quantitative estimate of drug-likeness (QED) is 0.483. The summed E-state index contributed by atoms with van der Waals surface area (Å²) in [4.78, 5) is 26.5. The van der Waals surface area contributed by atoms with Crippen LogP contribution in [0.5, 0.6) is 11.5 Å². The predicted molar refractivity (Wildman–Crippen MR) is 109 cm³/mol. The van der Waals surface area contributed by atoms with Crippen LogP contribution in [-0.2, 0) is 14.3 Å². The third kappa shape index (κ3) is 4.24. The van der Waals surface area contributed by atoms with Gasteiger partial charge in [-0.2, -0.15) is 0 Å². The van der Waals surface area contributed by atoms with E-state index in [1.807, 2.05) is 35.0 Å². The molecule has 1 aromatic carbocycles. The third-order valence-electron chi connectivity index (χ3n) is 3.83. The number of ether oxygens (including phenoxy) is 3. The number of carbonyl (C=O) groups excluding carboxylic acids is 2. The number of hydrogen-bond donors (Lipinski definition) is 1. The lowest BCUT2D eigenvalue weighted by molar-refractivity contribution is -0.141. The fourth-order valence-electron chi connectivity index (χ4n) is 2.56. The largest absolute Gasteiger partial charge is 0.454 e. The van der Waals surface area contributed by atoms with Crippen LogP contribution in [0.4, 0.5) is 5.69 Å². The van der Waals surface area contributed by atoms with Crippen molar-refractivity contribution in [3.63, 3.8) is 0 Å². The van der Waals surface area contributed by atoms with E-state index in [4.69, 9.17) is 14.2 Å². The number of benzene rings is 1. The Morgan fingerprint density at radius 1 is 1.07 bits per heavy atom. The molecule has 0 radical (unpaired) electrons. The molecule has 3 aromatic rings. The topological polar surface area (TPSA) is 73.9 Å². The van der Waals surface area contributed by atoms with Crippen molar-refractivity contribution in [1.82, 2.24) is 0 Å². The molecule has 0 atom stereocenters. The van der Waals surface area contributed by atoms with Crippen LogP contribution < -0.4 is 14.8 Å². The number of nitrogens with one attached hydrogen (secondary N) is 1. The lowest BCUT2D eigenvalue weighted by atomic mass is 10.2. The number of thiophene rings is 2. The highest BCUT2D eigenvalue weighted by Gasteiger charge is 2.18. The summed E-state index contributed by atoms with van der Waals surface area (Å²) < 4.78 is 15.8. The van der Waals surface area contributed by atoms with Crippen LogP contribution in [0.3, 0.4) is 0 Å². The van der Waals surface area contributed by atoms with Crippen molar-refractivity contribution < 1.29 is 23.8 Å². The molecule has 0 bridgehead atoms. The first-order valence-electron chi connectivity index (χ1n) is 8.35. The maximum Gasteiger partial charge on any atom is 0.340 e. The van der Waals surface area contributed by atoms with Crippen LogP contribution in [-0.4, -0.2) is 25.3 Å². The van der Waals surface area contributed by atoms with Gasteiger partial charge in [-0.05, 0) is 41.1 Å². The molecule has 0 saturated heterocycles. The van der Waals surface area contributed by atoms with E-state index in [0.717, 1.165) is 9.75 Å². The van der Waals surface area contributed by atoms with Gasteiger partial charge >= 0.3 is 5.97 Å². The second-order valence-corrected chi connectivity index (χ2v) is 7.67. The highest BCUT2D eigenvalue weighted by Crippen LogP contribution is 2.34. The molecule has 0 aliphatic carbocycles. The summed E-state index contributed by atoms with van der Waals surface area (Å²) >= 11 is 2.96. The molecule has 1 aliphatic rings. The Hall–Kier alpha value is -3.10. The average Bonchev–Trinajstić information content (AvgIpc) is 3.46. The highest BCUT2D eigenvalue weighted by atomic mass is 32.1. The Kier molecular flexibility index (Phi) is 5.41. The molecule has 4 rings (SSSR count). The third-order valence-corrected chi connectivity index (χ3v) is 5.55. The van der Waals surface area contributed by atoms with Gasteiger partial charge < -0.3 is 19.5 Å². The molecular weight excluding hydrogens is 398 g/mol. The first-order valence-corrected chi connectivity index (χ1v) is 10.1. The first kappa shape index (κ1) is 18.3. The van der Waals surface area contributed by atoms with Gasteiger partial charge in [0.1, 0.15) is 0 Å². The monoisotopic (exact) mass is 413 g/mol. The van der Waals surface area contributed by atoms with Crippen molar-refractivity contribution in [2.24, 2.45) is 0 Å². The molecule has 0 spiro atoms. The van der Waals surface area contributed by atoms with Gasteiger partial charge in [-0.3, -0.25) is 4.79 Å². The summed E-state index contributed by atoms with van der Waals surface area (Å²) in [7, 11) is 0. The van der Waals surface area contributed by atoms with Gasteiger partial charge in [-0.1, -0.05) is 12.1 Å². The average molecular weight is 413 g/mol. The molecule has 0 fully saturated rings. The minimum Gasteiger partial charge on any atom is -0.454 e. The van der Waals surface area contributed by atoms with Crippen molar-refractivity contribution >= 4 is 51.9 Å². The number of rotatable bonds is 6. The van der Waals surface area contributed by atoms with E-state index >= 15 is 0 Å². The van der Waals surface area contributed by atoms with Crippen LogP contribution in [0.15, 0.2) is 53.2 Å². The van der Waals surface area contributed by atoms with E-state index < -0.39 is 11.9 Å². The Morgan fingerprint density at radius 2 is 1.89 bits per heavy atom. The van der Waals surface area contributed by atoms with E-state index in [1.54, 1.807) is 24.3 Å². The molecule has 1 amide bonds. The summed E-state index contributed by atoms with van der Waals surface area (Å²) in [6.45, 7) is -0.229. The van der Waals surface area contributed by atoms with Crippen molar-refractivity contribution in [2.75, 3.05) is 18.7 Å². The van der Waals surface area contributed by atoms with Crippen molar-refractivity contribution in [3.05, 3.63) is 63.0 Å². The van der Waals surface area contributed by atoms with Gasteiger partial charge in [0.15, 0.2) is 18.1 Å². The van der Waals surface area contributed by atoms with E-state index in [2.05, 4.69) is 5.32 Å². The zero-order chi connectivity index (χ0) is 19.3. The number of amides is 1. The fraction of sp³-hybridized carbons (Fsp3) is 0.100. The van der Waals surface area contributed by atoms with Gasteiger partial charge in [0.05, 0.1) is 5.57 Å². The Labute approximate surface area is 169 Å². The van der Waals surface area contributed by atoms with E-state index in [0.29, 0.717) is 22.8 Å². The van der Waals surface area contributed by atoms with Gasteiger partial charge in [0.25, 0.3) is 5.91 Å². The van der Waals surface area contributed by atoms with Crippen LogP contribution in [0.25, 0.3) is 11.6 Å². The Bertz CT molecular complexity index is 1010. The smallest absolute Gasteiger partial charge is 0.340 e. The molecule has 1 aliphatic heterocycles. The summed E-state index contributed by atoms with van der Waals surface area (Å²) in [5.41, 5.74) is 0.964. The molecule has 142 valence electrons. The van der Waals surface area contributed by atoms with E-state index in [1.165, 1.54) is 22.7 Å². The van der Waals surface area contributed by atoms with E-state index in [9.17, 15) is 9.59 Å². The molecule has 2 aromatic heterocycles. The summed E-state index contributed by atoms with van der Waals surface area (Å²) in [5, 5.41) is 6.50. The standard InChI is InChI=1S/C20H15NO5S2/c22-19(21-13-5-6-16-17(9-13)26-12-25-16)11-24-20(23)15(18-4-2-8-28-18)10-14-3-1-7-27-14/h1-10H,11-12H2,(H,21,22)/b15-10+. The first-order chi connectivity index (χ1) is 13.7. The van der Waals surface area contributed by atoms with Crippen molar-refractivity contribution in [2.45, 2.75) is 0 Å². The van der Waals surface area contributed by atoms with Gasteiger partial charge in [-0.15, -0.1) is 22.7 Å². The van der Waals surface area contributed by atoms with E-state index in [-0.39, 0.29) is 13.4 Å². The number of hydrogen-bond acceptors (Lipinski definition) is 7. The van der Waals surface area contributed by atoms with Crippen molar-refractivity contribution in [1.29, 1.82) is 0 Å². The Morgan fingerprint density at radius 3 is 2.68 bits per heavy atom. The lowest BCUT2D eigenvalue weighted by Gasteiger charge is -2.08. The SMILES string of the molecule is O=C(COC(=O)/C(=C/c1cccs1)c1cccs1)Nc1ccc2c(c1)OCO2. The molecule has 3 heterocycles. The number of anilines is 1. The second kappa shape index (κ2) is 8.28. The normalized spacial score (nSPS) is 12.6. The number of fused-ring (bicyclic) bond motifs is 1. The molecule has 28 heavy (non-hydrogen) atoms. The van der Waals surface area contributed by atoms with Crippen LogP contribution >= 0.6 is 22.7 Å². The summed E-state index contributed by atoms with van der Waals surface area (Å²) in [5.74, 6) is 0.211. The van der Waals surface area contributed by atoms with Crippen molar-refractivity contribution in [3.8, 4) is 11.5 Å². The molecule has 0 saturated carbocycles. The zero-order valence-corrected chi connectivity index (χ0v) is 16.2. The Balaban J connectivity index is 1.40. The minimum absolute atomic E-state index is 0.159. The minimum atomic E-state index is -0.545. The number of carbonyl (C=O) groups is 2. The fourth-order valence-corrected chi connectivity index (χ4v) is 3.95. The van der Waals surface area contributed by atoms with Crippen LogP contribution in [0.1, 0.15) is 9.75 Å². The molecular formula is C20H15NO5S2. The van der Waals surface area contributed by atoms with Crippen LogP contribution in [0, 0.1) is 0 Å². The molecule has 8 heteroatoms. The predicted octanol–water partition coefficient (Wildman–Crippen LogP) is 4.26. The second-order valence-electron chi connectivity index (χ2n) is 5.74. The van der Waals surface area contributed by atoms with Gasteiger partial charge in [0, 0.05) is 21.5 Å². The van der Waals surface area contributed by atoms with Crippen LogP contribution in [0.2, 0.25) is 0 Å². The maximum absolute atomic E-state index is 12.6. The van der Waals surface area contributed by atoms with Gasteiger partial charge in [0.2, 0.25) is 6.79 Å². The lowest BCUT2D eigenvalue weighted by Crippen LogP contribution is -2.21. The summed E-state index contributed by atoms with van der Waals surface area (Å²) in [6, 6.07) is 12.6. The van der Waals surface area contributed by atoms with Gasteiger partial charge in [-0.25, -0.2) is 4.79 Å². The summed E-state index contributed by atoms with van der Waals surface area (Å²) in [6.07, 6.45) is 1.77. The molecule has 6 nitrogen and oxygen atoms in total. The maximum atomic E-state index is 12.6.